The summed E-state index contributed by atoms with van der Waals surface area (Å²) in [6.07, 6.45) is -2.80. The quantitative estimate of drug-likeness (QED) is 0.533. The molecule has 0 aliphatic carbocycles. The minimum absolute atomic E-state index is 0.0348. The van der Waals surface area contributed by atoms with Crippen LogP contribution in [0, 0.1) is 0 Å². The monoisotopic (exact) mass is 407 g/mol. The van der Waals surface area contributed by atoms with Gasteiger partial charge in [-0.15, -0.1) is 11.3 Å². The Morgan fingerprint density at radius 2 is 2.04 bits per heavy atom. The highest BCUT2D eigenvalue weighted by Crippen LogP contribution is 2.27. The van der Waals surface area contributed by atoms with Crippen LogP contribution < -0.4 is 9.57 Å². The van der Waals surface area contributed by atoms with E-state index in [0.717, 1.165) is 22.5 Å². The summed E-state index contributed by atoms with van der Waals surface area (Å²) in [6, 6.07) is 7.23. The molecule has 10 heteroatoms. The zero-order valence-electron chi connectivity index (χ0n) is 13.8. The topological polar surface area (TPSA) is 54.5 Å². The summed E-state index contributed by atoms with van der Waals surface area (Å²) in [5, 5.41) is 0.853. The molecular weight excluding hydrogens is 391 g/mol. The molecule has 5 nitrogen and oxygen atoms in total. The molecule has 0 fully saturated rings. The molecule has 0 atom stereocenters. The zero-order valence-corrected chi connectivity index (χ0v) is 15.4. The van der Waals surface area contributed by atoms with Crippen LogP contribution in [0.2, 0.25) is 0 Å². The van der Waals surface area contributed by atoms with Gasteiger partial charge in [-0.05, 0) is 42.5 Å². The Balaban J connectivity index is 1.79. The largest absolute Gasteiger partial charge is 0.494 e. The van der Waals surface area contributed by atoms with E-state index in [-0.39, 0.29) is 13.2 Å². The summed E-state index contributed by atoms with van der Waals surface area (Å²) < 4.78 is 42.3. The Morgan fingerprint density at radius 3 is 2.65 bits per heavy atom. The minimum atomic E-state index is -4.85. The van der Waals surface area contributed by atoms with Crippen molar-refractivity contribution in [2.45, 2.75) is 19.1 Å². The molecule has 1 aromatic carbocycles. The number of thiazole rings is 1. The average molecular weight is 408 g/mol. The van der Waals surface area contributed by atoms with E-state index in [9.17, 15) is 18.0 Å². The fraction of sp³-hybridized carbons (Fsp3) is 0.375. The number of ether oxygens (including phenoxy) is 1. The van der Waals surface area contributed by atoms with E-state index >= 15 is 0 Å². The smallest absolute Gasteiger partial charge is 0.471 e. The fourth-order valence-electron chi connectivity index (χ4n) is 2.09. The first-order valence-electron chi connectivity index (χ1n) is 7.65. The maximum atomic E-state index is 12.3. The summed E-state index contributed by atoms with van der Waals surface area (Å²) in [5.41, 5.74) is 0.929. The maximum absolute atomic E-state index is 12.3. The Labute approximate surface area is 157 Å². The van der Waals surface area contributed by atoms with E-state index in [1.165, 1.54) is 11.3 Å². The van der Waals surface area contributed by atoms with Crippen LogP contribution >= 0.6 is 23.1 Å². The number of nitrogens with one attached hydrogen (secondary N) is 1. The number of halogens is 4. The van der Waals surface area contributed by atoms with Crippen LogP contribution in [0.3, 0.4) is 0 Å². The number of alkyl halides is 3. The van der Waals surface area contributed by atoms with Crippen molar-refractivity contribution in [1.82, 2.24) is 14.7 Å². The van der Waals surface area contributed by atoms with Crippen LogP contribution in [0.4, 0.5) is 13.2 Å². The summed E-state index contributed by atoms with van der Waals surface area (Å²) in [4.78, 5) is 19.5. The van der Waals surface area contributed by atoms with E-state index in [1.54, 1.807) is 18.3 Å². The number of rotatable bonds is 8. The number of amides is 1. The average Bonchev–Trinajstić information content (AvgIpc) is 3.06. The summed E-state index contributed by atoms with van der Waals surface area (Å²) in [6.45, 7) is 0.705. The lowest BCUT2D eigenvalue weighted by Gasteiger charge is -2.18. The van der Waals surface area contributed by atoms with Crippen molar-refractivity contribution < 1.29 is 22.7 Å². The normalized spacial score (nSPS) is 11.4. The SMILES string of the molecule is CN(CCCOc1ccc(-c2ncc(CNCl)s2)cc1)C(=O)C(F)(F)F. The fourth-order valence-corrected chi connectivity index (χ4v) is 3.17. The van der Waals surface area contributed by atoms with Crippen LogP contribution in [0.1, 0.15) is 11.3 Å². The van der Waals surface area contributed by atoms with Gasteiger partial charge in [0.25, 0.3) is 0 Å². The molecule has 0 radical (unpaired) electrons. The third-order valence-corrected chi connectivity index (χ3v) is 4.57. The third-order valence-electron chi connectivity index (χ3n) is 3.39. The predicted molar refractivity (Wildman–Crippen MR) is 94.0 cm³/mol. The lowest BCUT2D eigenvalue weighted by molar-refractivity contribution is -0.184. The van der Waals surface area contributed by atoms with Gasteiger partial charge in [-0.3, -0.25) is 4.79 Å². The first kappa shape index (κ1) is 20.5. The second-order valence-corrected chi connectivity index (χ2v) is 6.78. The number of aromatic nitrogens is 1. The zero-order chi connectivity index (χ0) is 19.2. The molecule has 1 heterocycles. The Bertz CT molecular complexity index is 722. The van der Waals surface area contributed by atoms with Crippen LogP contribution in [0.25, 0.3) is 10.6 Å². The number of hydrogen-bond acceptors (Lipinski definition) is 5. The molecule has 0 aliphatic rings. The summed E-state index contributed by atoms with van der Waals surface area (Å²) in [7, 11) is 1.12. The van der Waals surface area contributed by atoms with Gasteiger partial charge in [-0.2, -0.15) is 13.2 Å². The highest BCUT2D eigenvalue weighted by atomic mass is 35.5. The number of benzene rings is 1. The van der Waals surface area contributed by atoms with Gasteiger partial charge in [0.1, 0.15) is 10.8 Å². The van der Waals surface area contributed by atoms with Crippen molar-refractivity contribution in [1.29, 1.82) is 0 Å². The van der Waals surface area contributed by atoms with Crippen molar-refractivity contribution >= 4 is 29.0 Å². The highest BCUT2D eigenvalue weighted by Gasteiger charge is 2.40. The number of carbonyl (C=O) groups is 1. The lowest BCUT2D eigenvalue weighted by atomic mass is 10.2. The second kappa shape index (κ2) is 9.20. The molecule has 0 spiro atoms. The van der Waals surface area contributed by atoms with Crippen molar-refractivity contribution in [2.24, 2.45) is 0 Å². The predicted octanol–water partition coefficient (Wildman–Crippen LogP) is 3.84. The minimum Gasteiger partial charge on any atom is -0.494 e. The van der Waals surface area contributed by atoms with E-state index in [0.29, 0.717) is 23.6 Å². The molecule has 0 unspecified atom stereocenters. The molecule has 26 heavy (non-hydrogen) atoms. The van der Waals surface area contributed by atoms with Gasteiger partial charge >= 0.3 is 12.1 Å². The molecule has 0 bridgehead atoms. The van der Waals surface area contributed by atoms with Crippen LogP contribution in [0.15, 0.2) is 30.5 Å². The van der Waals surface area contributed by atoms with Gasteiger partial charge in [0.05, 0.1) is 6.61 Å². The molecular formula is C16H17ClF3N3O2S. The van der Waals surface area contributed by atoms with Crippen LogP contribution in [-0.4, -0.2) is 42.2 Å². The molecule has 0 aliphatic heterocycles. The molecule has 1 aromatic heterocycles. The van der Waals surface area contributed by atoms with Crippen molar-refractivity contribution in [3.8, 4) is 16.3 Å². The van der Waals surface area contributed by atoms with Crippen molar-refractivity contribution in [3.05, 3.63) is 35.3 Å². The standard InChI is InChI=1S/C16H17ClF3N3O2S/c1-23(15(24)16(18,19)20)7-2-8-25-12-5-3-11(4-6-12)14-21-9-13(26-14)10-22-17/h3-6,9,22H,2,7-8,10H2,1H3. The van der Waals surface area contributed by atoms with Crippen LogP contribution in [0.5, 0.6) is 5.75 Å². The molecule has 0 saturated heterocycles. The van der Waals surface area contributed by atoms with Crippen molar-refractivity contribution in [3.63, 3.8) is 0 Å². The van der Waals surface area contributed by atoms with E-state index in [4.69, 9.17) is 16.5 Å². The number of hydrogen-bond donors (Lipinski definition) is 1. The van der Waals surface area contributed by atoms with Crippen LogP contribution in [-0.2, 0) is 11.3 Å². The maximum Gasteiger partial charge on any atom is 0.471 e. The third kappa shape index (κ3) is 5.86. The van der Waals surface area contributed by atoms with Gasteiger partial charge in [0.15, 0.2) is 0 Å². The molecule has 2 aromatic rings. The van der Waals surface area contributed by atoms with E-state index < -0.39 is 12.1 Å². The Morgan fingerprint density at radius 1 is 1.35 bits per heavy atom. The molecule has 1 amide bonds. The Kier molecular flexibility index (Phi) is 7.24. The highest BCUT2D eigenvalue weighted by molar-refractivity contribution is 7.15. The molecule has 142 valence electrons. The summed E-state index contributed by atoms with van der Waals surface area (Å²) >= 11 is 6.98. The van der Waals surface area contributed by atoms with E-state index in [2.05, 4.69) is 9.82 Å². The number of carbonyl (C=O) groups excluding carboxylic acids is 1. The first-order valence-corrected chi connectivity index (χ1v) is 8.84. The van der Waals surface area contributed by atoms with Gasteiger partial charge < -0.3 is 9.64 Å². The van der Waals surface area contributed by atoms with Gasteiger partial charge in [-0.25, -0.2) is 9.82 Å². The van der Waals surface area contributed by atoms with Gasteiger partial charge in [0.2, 0.25) is 0 Å². The van der Waals surface area contributed by atoms with Gasteiger partial charge in [0, 0.05) is 36.8 Å². The summed E-state index contributed by atoms with van der Waals surface area (Å²) in [5.74, 6) is -1.26. The lowest BCUT2D eigenvalue weighted by Crippen LogP contribution is -2.39. The van der Waals surface area contributed by atoms with Gasteiger partial charge in [-0.1, -0.05) is 0 Å². The number of nitrogens with zero attached hydrogens (tertiary/aromatic N) is 2. The molecule has 0 saturated carbocycles. The first-order chi connectivity index (χ1) is 12.3. The Hall–Kier alpha value is -1.84. The van der Waals surface area contributed by atoms with E-state index in [1.807, 2.05) is 12.1 Å². The van der Waals surface area contributed by atoms with Crippen molar-refractivity contribution in [2.75, 3.05) is 20.2 Å². The molecule has 2 rings (SSSR count). The molecule has 1 N–H and O–H groups in total. The second-order valence-electron chi connectivity index (χ2n) is 5.39.